The first kappa shape index (κ1) is 16.1. The van der Waals surface area contributed by atoms with Crippen LogP contribution in [0.15, 0.2) is 60.7 Å². The number of piperidine rings is 1. The highest BCUT2D eigenvalue weighted by Gasteiger charge is 2.31. The number of hydrogen-bond acceptors (Lipinski definition) is 2. The highest BCUT2D eigenvalue weighted by atomic mass is 16.4. The number of likely N-dealkylation sites (tertiary alicyclic amines) is 1. The molecule has 124 valence electrons. The smallest absolute Gasteiger partial charge is 0.407 e. The van der Waals surface area contributed by atoms with Gasteiger partial charge in [-0.3, -0.25) is 4.79 Å². The first-order chi connectivity index (χ1) is 11.7. The zero-order valence-corrected chi connectivity index (χ0v) is 13.3. The number of para-hydroxylation sites is 1. The molecule has 1 aliphatic heterocycles. The van der Waals surface area contributed by atoms with Crippen LogP contribution in [0.1, 0.15) is 23.2 Å². The van der Waals surface area contributed by atoms with E-state index in [0.29, 0.717) is 31.5 Å². The molecule has 1 heterocycles. The van der Waals surface area contributed by atoms with Crippen molar-refractivity contribution in [1.82, 2.24) is 4.90 Å². The third-order valence-corrected chi connectivity index (χ3v) is 4.37. The number of rotatable bonds is 3. The molecule has 3 rings (SSSR count). The normalized spacial score (nSPS) is 15.1. The van der Waals surface area contributed by atoms with Gasteiger partial charge in [0.05, 0.1) is 0 Å². The Kier molecular flexibility index (Phi) is 4.79. The summed E-state index contributed by atoms with van der Waals surface area (Å²) < 4.78 is 0. The minimum Gasteiger partial charge on any atom is -0.465 e. The molecule has 1 aliphatic rings. The van der Waals surface area contributed by atoms with E-state index in [1.165, 1.54) is 4.90 Å². The Morgan fingerprint density at radius 2 is 1.46 bits per heavy atom. The predicted molar refractivity (Wildman–Crippen MR) is 92.3 cm³/mol. The van der Waals surface area contributed by atoms with Crippen LogP contribution >= 0.6 is 0 Å². The Hall–Kier alpha value is -2.82. The molecule has 2 aromatic rings. The standard InChI is InChI=1S/C19H20N2O3/c22-18(15-7-3-1-4-8-15)21(16-9-5-2-6-10-16)17-11-13-20(14-12-17)19(23)24/h1-10,17H,11-14H2,(H,23,24). The molecule has 2 aromatic carbocycles. The van der Waals surface area contributed by atoms with Crippen molar-refractivity contribution in [2.45, 2.75) is 18.9 Å². The summed E-state index contributed by atoms with van der Waals surface area (Å²) in [4.78, 5) is 27.4. The summed E-state index contributed by atoms with van der Waals surface area (Å²) in [5, 5.41) is 9.11. The van der Waals surface area contributed by atoms with E-state index in [4.69, 9.17) is 5.11 Å². The zero-order chi connectivity index (χ0) is 16.9. The number of carbonyl (C=O) groups excluding carboxylic acids is 1. The summed E-state index contributed by atoms with van der Waals surface area (Å²) >= 11 is 0. The van der Waals surface area contributed by atoms with Crippen LogP contribution in [0.5, 0.6) is 0 Å². The van der Waals surface area contributed by atoms with E-state index >= 15 is 0 Å². The van der Waals surface area contributed by atoms with Crippen molar-refractivity contribution in [1.29, 1.82) is 0 Å². The summed E-state index contributed by atoms with van der Waals surface area (Å²) in [7, 11) is 0. The van der Waals surface area contributed by atoms with Gasteiger partial charge in [0.2, 0.25) is 0 Å². The van der Waals surface area contributed by atoms with E-state index in [-0.39, 0.29) is 11.9 Å². The fourth-order valence-corrected chi connectivity index (χ4v) is 3.12. The second-order valence-corrected chi connectivity index (χ2v) is 5.88. The van der Waals surface area contributed by atoms with Crippen molar-refractivity contribution >= 4 is 17.7 Å². The van der Waals surface area contributed by atoms with Gasteiger partial charge in [-0.1, -0.05) is 36.4 Å². The highest BCUT2D eigenvalue weighted by molar-refractivity contribution is 6.06. The van der Waals surface area contributed by atoms with Crippen LogP contribution in [0, 0.1) is 0 Å². The SMILES string of the molecule is O=C(O)N1CCC(N(C(=O)c2ccccc2)c2ccccc2)CC1. The average Bonchev–Trinajstić information content (AvgIpc) is 2.64. The van der Waals surface area contributed by atoms with Crippen molar-refractivity contribution < 1.29 is 14.7 Å². The molecular formula is C19H20N2O3. The lowest BCUT2D eigenvalue weighted by Gasteiger charge is -2.37. The summed E-state index contributed by atoms with van der Waals surface area (Å²) in [6, 6.07) is 18.8. The van der Waals surface area contributed by atoms with Gasteiger partial charge in [0.1, 0.15) is 0 Å². The number of nitrogens with zero attached hydrogens (tertiary/aromatic N) is 2. The second kappa shape index (κ2) is 7.17. The molecule has 0 bridgehead atoms. The number of carbonyl (C=O) groups is 2. The second-order valence-electron chi connectivity index (χ2n) is 5.88. The van der Waals surface area contributed by atoms with E-state index < -0.39 is 6.09 Å². The van der Waals surface area contributed by atoms with E-state index in [1.54, 1.807) is 0 Å². The lowest BCUT2D eigenvalue weighted by molar-refractivity contribution is 0.0957. The van der Waals surface area contributed by atoms with Gasteiger partial charge in [0.25, 0.3) is 5.91 Å². The largest absolute Gasteiger partial charge is 0.465 e. The quantitative estimate of drug-likeness (QED) is 0.940. The van der Waals surface area contributed by atoms with Gasteiger partial charge >= 0.3 is 6.09 Å². The number of amides is 2. The summed E-state index contributed by atoms with van der Waals surface area (Å²) in [6.07, 6.45) is 0.383. The lowest BCUT2D eigenvalue weighted by Crippen LogP contribution is -2.48. The van der Waals surface area contributed by atoms with E-state index in [1.807, 2.05) is 65.6 Å². The van der Waals surface area contributed by atoms with Crippen molar-refractivity contribution in [3.05, 3.63) is 66.2 Å². The molecule has 2 amide bonds. The minimum atomic E-state index is -0.894. The van der Waals surface area contributed by atoms with Crippen LogP contribution in [0.25, 0.3) is 0 Å². The van der Waals surface area contributed by atoms with Crippen LogP contribution in [-0.2, 0) is 0 Å². The maximum Gasteiger partial charge on any atom is 0.407 e. The Bertz CT molecular complexity index is 695. The number of hydrogen-bond donors (Lipinski definition) is 1. The zero-order valence-electron chi connectivity index (χ0n) is 13.3. The fraction of sp³-hybridized carbons (Fsp3) is 0.263. The van der Waals surface area contributed by atoms with Gasteiger partial charge in [-0.25, -0.2) is 4.79 Å². The van der Waals surface area contributed by atoms with Gasteiger partial charge in [-0.05, 0) is 37.1 Å². The highest BCUT2D eigenvalue weighted by Crippen LogP contribution is 2.25. The molecule has 1 saturated heterocycles. The average molecular weight is 324 g/mol. The molecule has 0 unspecified atom stereocenters. The first-order valence-electron chi connectivity index (χ1n) is 8.08. The molecular weight excluding hydrogens is 304 g/mol. The van der Waals surface area contributed by atoms with E-state index in [0.717, 1.165) is 5.69 Å². The topological polar surface area (TPSA) is 60.9 Å². The van der Waals surface area contributed by atoms with E-state index in [9.17, 15) is 9.59 Å². The van der Waals surface area contributed by atoms with Gasteiger partial charge in [-0.15, -0.1) is 0 Å². The molecule has 0 saturated carbocycles. The molecule has 1 N–H and O–H groups in total. The van der Waals surface area contributed by atoms with Crippen LogP contribution in [0.4, 0.5) is 10.5 Å². The van der Waals surface area contributed by atoms with Crippen molar-refractivity contribution in [3.8, 4) is 0 Å². The molecule has 0 radical (unpaired) electrons. The van der Waals surface area contributed by atoms with Crippen LogP contribution < -0.4 is 4.90 Å². The van der Waals surface area contributed by atoms with Crippen LogP contribution in [0.2, 0.25) is 0 Å². The van der Waals surface area contributed by atoms with Gasteiger partial charge in [-0.2, -0.15) is 0 Å². The van der Waals surface area contributed by atoms with Gasteiger partial charge < -0.3 is 14.9 Å². The number of carboxylic acid groups (broad SMARTS) is 1. The third kappa shape index (κ3) is 3.40. The first-order valence-corrected chi connectivity index (χ1v) is 8.08. The van der Waals surface area contributed by atoms with Crippen LogP contribution in [0.3, 0.4) is 0 Å². The lowest BCUT2D eigenvalue weighted by atomic mass is 10.0. The Morgan fingerprint density at radius 1 is 0.917 bits per heavy atom. The van der Waals surface area contributed by atoms with Gasteiger partial charge in [0.15, 0.2) is 0 Å². The van der Waals surface area contributed by atoms with Gasteiger partial charge in [0, 0.05) is 30.4 Å². The summed E-state index contributed by atoms with van der Waals surface area (Å²) in [5.74, 6) is -0.0458. The molecule has 5 nitrogen and oxygen atoms in total. The maximum atomic E-state index is 13.1. The van der Waals surface area contributed by atoms with Crippen molar-refractivity contribution in [2.75, 3.05) is 18.0 Å². The Labute approximate surface area is 141 Å². The summed E-state index contributed by atoms with van der Waals surface area (Å²) in [6.45, 7) is 0.900. The maximum absolute atomic E-state index is 13.1. The predicted octanol–water partition coefficient (Wildman–Crippen LogP) is 3.48. The number of benzene rings is 2. The van der Waals surface area contributed by atoms with Crippen molar-refractivity contribution in [2.24, 2.45) is 0 Å². The minimum absolute atomic E-state index is 0.00398. The number of anilines is 1. The molecule has 0 aromatic heterocycles. The summed E-state index contributed by atoms with van der Waals surface area (Å²) in [5.41, 5.74) is 1.49. The monoisotopic (exact) mass is 324 g/mol. The van der Waals surface area contributed by atoms with Crippen LogP contribution in [-0.4, -0.2) is 41.1 Å². The molecule has 24 heavy (non-hydrogen) atoms. The molecule has 1 fully saturated rings. The Balaban J connectivity index is 1.87. The molecule has 0 spiro atoms. The fourth-order valence-electron chi connectivity index (χ4n) is 3.12. The molecule has 0 aliphatic carbocycles. The third-order valence-electron chi connectivity index (χ3n) is 4.37. The molecule has 0 atom stereocenters. The van der Waals surface area contributed by atoms with E-state index in [2.05, 4.69) is 0 Å². The molecule has 5 heteroatoms. The van der Waals surface area contributed by atoms with Crippen molar-refractivity contribution in [3.63, 3.8) is 0 Å². The Morgan fingerprint density at radius 3 is 2.00 bits per heavy atom.